The summed E-state index contributed by atoms with van der Waals surface area (Å²) in [6.45, 7) is 0. The molecule has 0 aliphatic carbocycles. The summed E-state index contributed by atoms with van der Waals surface area (Å²) in [5, 5.41) is 0. The summed E-state index contributed by atoms with van der Waals surface area (Å²) >= 11 is 0. The van der Waals surface area contributed by atoms with Gasteiger partial charge in [-0.05, 0) is 18.2 Å². The molecule has 0 unspecified atom stereocenters. The van der Waals surface area contributed by atoms with Crippen LogP contribution in [0.15, 0.2) is 35.2 Å². The van der Waals surface area contributed by atoms with Crippen LogP contribution in [0.25, 0.3) is 0 Å². The standard InChI is InChI=1S/C12H8F4N2O2S/c13-6-3-9(15)12(10(16)4-6)21(19,20)18-11-2-1-7(17)5-8(11)14/h1-5,18H,17H2. The zero-order chi connectivity index (χ0) is 15.8. The second-order valence-electron chi connectivity index (χ2n) is 4.04. The highest BCUT2D eigenvalue weighted by Gasteiger charge is 2.26. The fourth-order valence-electron chi connectivity index (χ4n) is 1.60. The lowest BCUT2D eigenvalue weighted by Gasteiger charge is -2.11. The van der Waals surface area contributed by atoms with Crippen molar-refractivity contribution < 1.29 is 26.0 Å². The molecule has 0 saturated heterocycles. The molecule has 0 amide bonds. The first-order valence-corrected chi connectivity index (χ1v) is 6.91. The van der Waals surface area contributed by atoms with Gasteiger partial charge in [-0.15, -0.1) is 0 Å². The van der Waals surface area contributed by atoms with E-state index in [1.807, 2.05) is 0 Å². The molecule has 2 aromatic rings. The number of nitrogens with two attached hydrogens (primary N) is 1. The van der Waals surface area contributed by atoms with Gasteiger partial charge in [-0.25, -0.2) is 26.0 Å². The van der Waals surface area contributed by atoms with E-state index in [4.69, 9.17) is 5.73 Å². The quantitative estimate of drug-likeness (QED) is 0.674. The molecule has 0 radical (unpaired) electrons. The molecule has 112 valence electrons. The summed E-state index contributed by atoms with van der Waals surface area (Å²) in [5.41, 5.74) is 4.78. The van der Waals surface area contributed by atoms with Crippen molar-refractivity contribution in [1.82, 2.24) is 0 Å². The molecule has 0 heterocycles. The number of nitrogen functional groups attached to an aromatic ring is 1. The molecule has 0 aliphatic rings. The number of sulfonamides is 1. The molecular formula is C12H8F4N2O2S. The number of halogens is 4. The van der Waals surface area contributed by atoms with Crippen LogP contribution in [0.3, 0.4) is 0 Å². The van der Waals surface area contributed by atoms with Crippen molar-refractivity contribution in [2.45, 2.75) is 4.90 Å². The maximum atomic E-state index is 13.5. The van der Waals surface area contributed by atoms with Gasteiger partial charge in [0.2, 0.25) is 0 Å². The van der Waals surface area contributed by atoms with Gasteiger partial charge in [0.25, 0.3) is 10.0 Å². The fraction of sp³-hybridized carbons (Fsp3) is 0. The van der Waals surface area contributed by atoms with E-state index < -0.39 is 43.9 Å². The van der Waals surface area contributed by atoms with E-state index in [-0.39, 0.29) is 17.8 Å². The maximum Gasteiger partial charge on any atom is 0.267 e. The molecule has 0 saturated carbocycles. The summed E-state index contributed by atoms with van der Waals surface area (Å²) in [6.07, 6.45) is 0. The molecular weight excluding hydrogens is 312 g/mol. The van der Waals surface area contributed by atoms with Crippen LogP contribution in [0.2, 0.25) is 0 Å². The normalized spacial score (nSPS) is 11.4. The predicted octanol–water partition coefficient (Wildman–Crippen LogP) is 2.63. The van der Waals surface area contributed by atoms with E-state index in [9.17, 15) is 26.0 Å². The van der Waals surface area contributed by atoms with Gasteiger partial charge in [0.1, 0.15) is 23.3 Å². The van der Waals surface area contributed by atoms with Gasteiger partial charge in [-0.1, -0.05) is 0 Å². The molecule has 0 spiro atoms. The van der Waals surface area contributed by atoms with Crippen LogP contribution in [0, 0.1) is 23.3 Å². The largest absolute Gasteiger partial charge is 0.399 e. The Morgan fingerprint density at radius 1 is 0.905 bits per heavy atom. The van der Waals surface area contributed by atoms with E-state index in [0.29, 0.717) is 0 Å². The Morgan fingerprint density at radius 2 is 1.48 bits per heavy atom. The van der Waals surface area contributed by atoms with Gasteiger partial charge in [0, 0.05) is 17.8 Å². The van der Waals surface area contributed by atoms with Gasteiger partial charge >= 0.3 is 0 Å². The molecule has 4 nitrogen and oxygen atoms in total. The van der Waals surface area contributed by atoms with Crippen molar-refractivity contribution in [3.63, 3.8) is 0 Å². The van der Waals surface area contributed by atoms with Gasteiger partial charge in [0.15, 0.2) is 4.90 Å². The van der Waals surface area contributed by atoms with Gasteiger partial charge in [-0.2, -0.15) is 0 Å². The Kier molecular flexibility index (Phi) is 3.77. The third kappa shape index (κ3) is 3.07. The average molecular weight is 320 g/mol. The number of nitrogens with one attached hydrogen (secondary N) is 1. The minimum Gasteiger partial charge on any atom is -0.399 e. The minimum atomic E-state index is -4.77. The lowest BCUT2D eigenvalue weighted by atomic mass is 10.3. The zero-order valence-electron chi connectivity index (χ0n) is 10.2. The van der Waals surface area contributed by atoms with Crippen LogP contribution < -0.4 is 10.5 Å². The topological polar surface area (TPSA) is 72.2 Å². The molecule has 2 rings (SSSR count). The Hall–Kier alpha value is -2.29. The second-order valence-corrected chi connectivity index (χ2v) is 5.66. The lowest BCUT2D eigenvalue weighted by Crippen LogP contribution is -2.17. The van der Waals surface area contributed by atoms with Crippen LogP contribution >= 0.6 is 0 Å². The molecule has 0 aliphatic heterocycles. The SMILES string of the molecule is Nc1ccc(NS(=O)(=O)c2c(F)cc(F)cc2F)c(F)c1. The van der Waals surface area contributed by atoms with Gasteiger partial charge in [-0.3, -0.25) is 4.72 Å². The van der Waals surface area contributed by atoms with Crippen LogP contribution in [0.4, 0.5) is 28.9 Å². The molecule has 3 N–H and O–H groups in total. The minimum absolute atomic E-state index is 0.0367. The van der Waals surface area contributed by atoms with Crippen molar-refractivity contribution in [2.75, 3.05) is 10.5 Å². The Morgan fingerprint density at radius 3 is 2.00 bits per heavy atom. The van der Waals surface area contributed by atoms with Crippen LogP contribution in [0.1, 0.15) is 0 Å². The molecule has 21 heavy (non-hydrogen) atoms. The highest BCUT2D eigenvalue weighted by atomic mass is 32.2. The summed E-state index contributed by atoms with van der Waals surface area (Å²) in [5.74, 6) is -5.56. The fourth-order valence-corrected chi connectivity index (χ4v) is 2.78. The highest BCUT2D eigenvalue weighted by Crippen LogP contribution is 2.25. The molecule has 0 fully saturated rings. The van der Waals surface area contributed by atoms with E-state index in [1.165, 1.54) is 6.07 Å². The van der Waals surface area contributed by atoms with Crippen molar-refractivity contribution in [2.24, 2.45) is 0 Å². The maximum absolute atomic E-state index is 13.5. The average Bonchev–Trinajstić information content (AvgIpc) is 2.30. The highest BCUT2D eigenvalue weighted by molar-refractivity contribution is 7.92. The van der Waals surface area contributed by atoms with Crippen molar-refractivity contribution in [3.05, 3.63) is 53.6 Å². The summed E-state index contributed by atoms with van der Waals surface area (Å²) in [4.78, 5) is -1.40. The van der Waals surface area contributed by atoms with Crippen molar-refractivity contribution in [3.8, 4) is 0 Å². The van der Waals surface area contributed by atoms with Crippen molar-refractivity contribution in [1.29, 1.82) is 0 Å². The summed E-state index contributed by atoms with van der Waals surface area (Å²) in [6, 6.07) is 3.42. The van der Waals surface area contributed by atoms with E-state index in [0.717, 1.165) is 12.1 Å². The van der Waals surface area contributed by atoms with Gasteiger partial charge < -0.3 is 5.73 Å². The third-order valence-corrected chi connectivity index (χ3v) is 3.89. The Bertz CT molecular complexity index is 786. The monoisotopic (exact) mass is 320 g/mol. The molecule has 2 aromatic carbocycles. The van der Waals surface area contributed by atoms with Crippen LogP contribution in [-0.2, 0) is 10.0 Å². The molecule has 0 atom stereocenters. The summed E-state index contributed by atoms with van der Waals surface area (Å²) < 4.78 is 78.6. The van der Waals surface area contributed by atoms with E-state index >= 15 is 0 Å². The number of anilines is 2. The first kappa shape index (κ1) is 15.1. The van der Waals surface area contributed by atoms with Crippen molar-refractivity contribution >= 4 is 21.4 Å². The first-order chi connectivity index (χ1) is 9.70. The zero-order valence-corrected chi connectivity index (χ0v) is 11.0. The van der Waals surface area contributed by atoms with E-state index in [2.05, 4.69) is 0 Å². The smallest absolute Gasteiger partial charge is 0.267 e. The summed E-state index contributed by atoms with van der Waals surface area (Å²) in [7, 11) is -4.77. The van der Waals surface area contributed by atoms with E-state index in [1.54, 1.807) is 4.72 Å². The molecule has 9 heteroatoms. The number of hydrogen-bond donors (Lipinski definition) is 2. The Balaban J connectivity index is 2.48. The van der Waals surface area contributed by atoms with Crippen LogP contribution in [0.5, 0.6) is 0 Å². The number of hydrogen-bond acceptors (Lipinski definition) is 3. The molecule has 0 bridgehead atoms. The first-order valence-electron chi connectivity index (χ1n) is 5.43. The Labute approximate surface area is 117 Å². The second kappa shape index (κ2) is 5.24. The van der Waals surface area contributed by atoms with Gasteiger partial charge in [0.05, 0.1) is 5.69 Å². The predicted molar refractivity (Wildman–Crippen MR) is 67.9 cm³/mol. The lowest BCUT2D eigenvalue weighted by molar-refractivity contribution is 0.498. The van der Waals surface area contributed by atoms with Crippen LogP contribution in [-0.4, -0.2) is 8.42 Å². The molecule has 0 aromatic heterocycles. The number of benzene rings is 2. The third-order valence-electron chi connectivity index (χ3n) is 2.47. The number of rotatable bonds is 3.